The molecular weight excluding hydrogens is 226 g/mol. The molecule has 0 saturated heterocycles. The first-order chi connectivity index (χ1) is 8.83. The van der Waals surface area contributed by atoms with Crippen LogP contribution in [0.3, 0.4) is 0 Å². The highest BCUT2D eigenvalue weighted by atomic mass is 16.5. The number of para-hydroxylation sites is 2. The topological polar surface area (TPSA) is 38.3 Å². The van der Waals surface area contributed by atoms with E-state index in [1.165, 1.54) is 0 Å². The van der Waals surface area contributed by atoms with Gasteiger partial charge < -0.3 is 10.1 Å². The Balaban J connectivity index is 1.70. The van der Waals surface area contributed by atoms with E-state index in [2.05, 4.69) is 5.32 Å². The Bertz CT molecular complexity index is 541. The van der Waals surface area contributed by atoms with Gasteiger partial charge in [-0.15, -0.1) is 0 Å². The molecule has 3 rings (SSSR count). The molecule has 1 N–H and O–H groups in total. The number of ether oxygens (including phenoxy) is 1. The molecule has 1 aliphatic rings. The molecule has 1 unspecified atom stereocenters. The van der Waals surface area contributed by atoms with Gasteiger partial charge in [0.05, 0.1) is 0 Å². The minimum absolute atomic E-state index is 0.239. The molecule has 90 valence electrons. The fourth-order valence-electron chi connectivity index (χ4n) is 2.12. The van der Waals surface area contributed by atoms with Crippen LogP contribution in [-0.4, -0.2) is 12.0 Å². The second-order valence-electron chi connectivity index (χ2n) is 4.29. The summed E-state index contributed by atoms with van der Waals surface area (Å²) in [5, 5.41) is 3.18. The normalized spacial score (nSPS) is 16.8. The fourth-order valence-corrected chi connectivity index (χ4v) is 2.12. The summed E-state index contributed by atoms with van der Waals surface area (Å²) in [4.78, 5) is 12.0. The van der Waals surface area contributed by atoms with Crippen molar-refractivity contribution in [1.29, 1.82) is 0 Å². The van der Waals surface area contributed by atoms with Crippen molar-refractivity contribution >= 4 is 11.7 Å². The van der Waals surface area contributed by atoms with Crippen molar-refractivity contribution in [3.05, 3.63) is 60.2 Å². The lowest BCUT2D eigenvalue weighted by atomic mass is 10.1. The van der Waals surface area contributed by atoms with Crippen molar-refractivity contribution in [3.8, 4) is 5.75 Å². The largest absolute Gasteiger partial charge is 0.425 e. The average molecular weight is 239 g/mol. The SMILES string of the molecule is O=C(Oc1ccccc1)C1Cc2ccccc2N1. The van der Waals surface area contributed by atoms with Crippen molar-refractivity contribution in [2.45, 2.75) is 12.5 Å². The highest BCUT2D eigenvalue weighted by Gasteiger charge is 2.27. The van der Waals surface area contributed by atoms with Gasteiger partial charge in [-0.1, -0.05) is 36.4 Å². The molecule has 0 aromatic heterocycles. The molecule has 0 radical (unpaired) electrons. The lowest BCUT2D eigenvalue weighted by Gasteiger charge is -2.10. The number of benzene rings is 2. The molecule has 3 nitrogen and oxygen atoms in total. The van der Waals surface area contributed by atoms with E-state index in [1.807, 2.05) is 42.5 Å². The van der Waals surface area contributed by atoms with Crippen molar-refractivity contribution in [1.82, 2.24) is 0 Å². The molecule has 3 heteroatoms. The zero-order valence-corrected chi connectivity index (χ0v) is 9.80. The standard InChI is InChI=1S/C15H13NO2/c17-15(18-12-7-2-1-3-8-12)14-10-11-6-4-5-9-13(11)16-14/h1-9,14,16H,10H2. The molecule has 18 heavy (non-hydrogen) atoms. The quantitative estimate of drug-likeness (QED) is 0.646. The molecule has 1 atom stereocenters. The monoisotopic (exact) mass is 239 g/mol. The first-order valence-electron chi connectivity index (χ1n) is 5.94. The van der Waals surface area contributed by atoms with Crippen LogP contribution in [0.2, 0.25) is 0 Å². The molecule has 0 fully saturated rings. The Morgan fingerprint density at radius 1 is 1.06 bits per heavy atom. The third kappa shape index (κ3) is 2.07. The molecule has 0 saturated carbocycles. The van der Waals surface area contributed by atoms with Crippen LogP contribution in [-0.2, 0) is 11.2 Å². The van der Waals surface area contributed by atoms with Crippen LogP contribution >= 0.6 is 0 Å². The van der Waals surface area contributed by atoms with Crippen molar-refractivity contribution < 1.29 is 9.53 Å². The highest BCUT2D eigenvalue weighted by Crippen LogP contribution is 2.26. The van der Waals surface area contributed by atoms with Gasteiger partial charge in [-0.2, -0.15) is 0 Å². The molecule has 0 bridgehead atoms. The second-order valence-corrected chi connectivity index (χ2v) is 4.29. The van der Waals surface area contributed by atoms with E-state index >= 15 is 0 Å². The first kappa shape index (κ1) is 10.8. The van der Waals surface area contributed by atoms with Crippen LogP contribution in [0.15, 0.2) is 54.6 Å². The maximum absolute atomic E-state index is 12.0. The van der Waals surface area contributed by atoms with Crippen LogP contribution in [0.4, 0.5) is 5.69 Å². The van der Waals surface area contributed by atoms with E-state index in [0.717, 1.165) is 11.3 Å². The summed E-state index contributed by atoms with van der Waals surface area (Å²) in [6.07, 6.45) is 0.682. The number of carbonyl (C=O) groups is 1. The molecule has 2 aromatic carbocycles. The summed E-state index contributed by atoms with van der Waals surface area (Å²) in [6, 6.07) is 16.8. The van der Waals surface area contributed by atoms with Crippen LogP contribution in [0.5, 0.6) is 5.75 Å². The minimum Gasteiger partial charge on any atom is -0.425 e. The molecule has 0 spiro atoms. The van der Waals surface area contributed by atoms with Gasteiger partial charge in [0.25, 0.3) is 0 Å². The Morgan fingerprint density at radius 2 is 1.78 bits per heavy atom. The number of rotatable bonds is 2. The van der Waals surface area contributed by atoms with Crippen molar-refractivity contribution in [2.75, 3.05) is 5.32 Å². The number of fused-ring (bicyclic) bond motifs is 1. The number of esters is 1. The Hall–Kier alpha value is -2.29. The lowest BCUT2D eigenvalue weighted by molar-refractivity contribution is -0.135. The van der Waals surface area contributed by atoms with Crippen molar-refractivity contribution in [3.63, 3.8) is 0 Å². The minimum atomic E-state index is -0.289. The van der Waals surface area contributed by atoms with Crippen LogP contribution < -0.4 is 10.1 Å². The molecule has 1 aliphatic heterocycles. The van der Waals surface area contributed by atoms with Gasteiger partial charge in [0.2, 0.25) is 0 Å². The molecular formula is C15H13NO2. The predicted molar refractivity (Wildman–Crippen MR) is 69.6 cm³/mol. The summed E-state index contributed by atoms with van der Waals surface area (Å²) in [7, 11) is 0. The average Bonchev–Trinajstić information content (AvgIpc) is 2.84. The molecule has 2 aromatic rings. The number of hydrogen-bond donors (Lipinski definition) is 1. The maximum Gasteiger partial charge on any atom is 0.334 e. The van der Waals surface area contributed by atoms with Gasteiger partial charge in [0.15, 0.2) is 0 Å². The Kier molecular flexibility index (Phi) is 2.73. The Morgan fingerprint density at radius 3 is 2.56 bits per heavy atom. The summed E-state index contributed by atoms with van der Waals surface area (Å²) in [6.45, 7) is 0. The van der Waals surface area contributed by atoms with Gasteiger partial charge in [-0.05, 0) is 23.8 Å². The van der Waals surface area contributed by atoms with E-state index in [-0.39, 0.29) is 12.0 Å². The fraction of sp³-hybridized carbons (Fsp3) is 0.133. The number of anilines is 1. The van der Waals surface area contributed by atoms with Crippen LogP contribution in [0.1, 0.15) is 5.56 Å². The van der Waals surface area contributed by atoms with Gasteiger partial charge in [-0.25, -0.2) is 4.79 Å². The van der Waals surface area contributed by atoms with Crippen LogP contribution in [0, 0.1) is 0 Å². The summed E-state index contributed by atoms with van der Waals surface area (Å²) in [5.74, 6) is 0.345. The van der Waals surface area contributed by atoms with Crippen LogP contribution in [0.25, 0.3) is 0 Å². The second kappa shape index (κ2) is 4.53. The predicted octanol–water partition coefficient (Wildman–Crippen LogP) is 2.63. The molecule has 0 aliphatic carbocycles. The smallest absolute Gasteiger partial charge is 0.334 e. The molecule has 0 amide bonds. The van der Waals surface area contributed by atoms with Gasteiger partial charge in [0.1, 0.15) is 11.8 Å². The third-order valence-electron chi connectivity index (χ3n) is 3.02. The molecule has 1 heterocycles. The third-order valence-corrected chi connectivity index (χ3v) is 3.02. The van der Waals surface area contributed by atoms with E-state index in [0.29, 0.717) is 12.2 Å². The van der Waals surface area contributed by atoms with Gasteiger partial charge >= 0.3 is 5.97 Å². The van der Waals surface area contributed by atoms with E-state index < -0.39 is 0 Å². The number of carbonyl (C=O) groups excluding carboxylic acids is 1. The number of nitrogens with one attached hydrogen (secondary N) is 1. The van der Waals surface area contributed by atoms with Gasteiger partial charge in [0, 0.05) is 12.1 Å². The maximum atomic E-state index is 12.0. The first-order valence-corrected chi connectivity index (χ1v) is 5.94. The van der Waals surface area contributed by atoms with Gasteiger partial charge in [-0.3, -0.25) is 0 Å². The summed E-state index contributed by atoms with van der Waals surface area (Å²) < 4.78 is 5.33. The Labute approximate surface area is 105 Å². The number of hydrogen-bond acceptors (Lipinski definition) is 3. The highest BCUT2D eigenvalue weighted by molar-refractivity contribution is 5.84. The summed E-state index contributed by atoms with van der Waals surface area (Å²) >= 11 is 0. The van der Waals surface area contributed by atoms with E-state index in [4.69, 9.17) is 4.74 Å². The van der Waals surface area contributed by atoms with E-state index in [9.17, 15) is 4.79 Å². The zero-order chi connectivity index (χ0) is 12.4. The summed E-state index contributed by atoms with van der Waals surface area (Å²) in [5.41, 5.74) is 2.18. The van der Waals surface area contributed by atoms with Crippen molar-refractivity contribution in [2.24, 2.45) is 0 Å². The van der Waals surface area contributed by atoms with E-state index in [1.54, 1.807) is 12.1 Å². The zero-order valence-electron chi connectivity index (χ0n) is 9.80. The lowest BCUT2D eigenvalue weighted by Crippen LogP contribution is -2.31.